The smallest absolute Gasteiger partial charge is 0.271 e. The lowest BCUT2D eigenvalue weighted by Crippen LogP contribution is -2.42. The lowest BCUT2D eigenvalue weighted by Gasteiger charge is -2.27. The topological polar surface area (TPSA) is 125 Å². The van der Waals surface area contributed by atoms with Crippen LogP contribution >= 0.6 is 0 Å². The summed E-state index contributed by atoms with van der Waals surface area (Å²) in [5.74, 6) is -1.07. The Kier molecular flexibility index (Phi) is 5.26. The minimum Gasteiger partial charge on any atom is -0.326 e. The Hall–Kier alpha value is -2.75. The molecule has 2 heterocycles. The van der Waals surface area contributed by atoms with E-state index in [1.807, 2.05) is 0 Å². The van der Waals surface area contributed by atoms with Crippen molar-refractivity contribution in [3.05, 3.63) is 24.3 Å². The lowest BCUT2D eigenvalue weighted by atomic mass is 10.1. The second kappa shape index (κ2) is 7.47. The van der Waals surface area contributed by atoms with Crippen molar-refractivity contribution in [2.24, 2.45) is 5.10 Å². The number of hydrazone groups is 1. The zero-order valence-corrected chi connectivity index (χ0v) is 15.6. The first-order valence-electron chi connectivity index (χ1n) is 8.52. The molecule has 3 rings (SSSR count). The third-order valence-corrected chi connectivity index (χ3v) is 6.07. The van der Waals surface area contributed by atoms with Gasteiger partial charge in [0.25, 0.3) is 5.91 Å². The van der Waals surface area contributed by atoms with Gasteiger partial charge in [-0.05, 0) is 24.6 Å². The van der Waals surface area contributed by atoms with E-state index >= 15 is 0 Å². The molecule has 0 saturated carbocycles. The van der Waals surface area contributed by atoms with Crippen LogP contribution in [-0.4, -0.2) is 54.4 Å². The lowest BCUT2D eigenvalue weighted by molar-refractivity contribution is -0.133. The molecule has 1 aromatic carbocycles. The van der Waals surface area contributed by atoms with Gasteiger partial charge < -0.3 is 10.6 Å². The fourth-order valence-corrected chi connectivity index (χ4v) is 4.76. The van der Waals surface area contributed by atoms with Gasteiger partial charge in [0, 0.05) is 31.1 Å². The standard InChI is InChI=1S/C17H20N4O5S/c1-11(22)18-12-3-2-4-13(9-12)19-17(24)15-5-6-16(23)21(20-15)14-7-8-27(25,26)10-14/h2-4,9,14H,5-8,10H2,1H3,(H,18,22)(H,19,24)/t14-/m0/s1. The number of carbonyl (C=O) groups excluding carboxylic acids is 3. The summed E-state index contributed by atoms with van der Waals surface area (Å²) < 4.78 is 23.3. The number of sulfone groups is 1. The summed E-state index contributed by atoms with van der Waals surface area (Å²) in [5, 5.41) is 10.6. The van der Waals surface area contributed by atoms with Crippen LogP contribution in [0.25, 0.3) is 0 Å². The van der Waals surface area contributed by atoms with Crippen LogP contribution in [-0.2, 0) is 24.2 Å². The van der Waals surface area contributed by atoms with E-state index in [1.165, 1.54) is 6.92 Å². The first kappa shape index (κ1) is 19.0. The minimum absolute atomic E-state index is 0.0223. The molecule has 9 nitrogen and oxygen atoms in total. The number of hydrogen-bond acceptors (Lipinski definition) is 6. The highest BCUT2D eigenvalue weighted by molar-refractivity contribution is 7.91. The number of anilines is 2. The van der Waals surface area contributed by atoms with Gasteiger partial charge in [-0.3, -0.25) is 14.4 Å². The van der Waals surface area contributed by atoms with Crippen molar-refractivity contribution in [1.29, 1.82) is 0 Å². The second-order valence-electron chi connectivity index (χ2n) is 6.56. The molecule has 1 saturated heterocycles. The molecule has 0 aliphatic carbocycles. The maximum absolute atomic E-state index is 12.5. The summed E-state index contributed by atoms with van der Waals surface area (Å²) in [5.41, 5.74) is 1.18. The SMILES string of the molecule is CC(=O)Nc1cccc(NC(=O)C2=NN([C@H]3CCS(=O)(=O)C3)C(=O)CC2)c1. The monoisotopic (exact) mass is 392 g/mol. The van der Waals surface area contributed by atoms with Crippen molar-refractivity contribution >= 4 is 44.6 Å². The summed E-state index contributed by atoms with van der Waals surface area (Å²) in [6, 6.07) is 6.13. The number of rotatable bonds is 4. The van der Waals surface area contributed by atoms with E-state index in [0.717, 1.165) is 5.01 Å². The predicted octanol–water partition coefficient (Wildman–Crippen LogP) is 0.749. The Morgan fingerprint density at radius 3 is 2.52 bits per heavy atom. The van der Waals surface area contributed by atoms with Crippen LogP contribution in [0.5, 0.6) is 0 Å². The Labute approximate surface area is 156 Å². The van der Waals surface area contributed by atoms with Crippen molar-refractivity contribution in [2.75, 3.05) is 22.1 Å². The van der Waals surface area contributed by atoms with Gasteiger partial charge in [-0.2, -0.15) is 5.10 Å². The largest absolute Gasteiger partial charge is 0.326 e. The van der Waals surface area contributed by atoms with E-state index in [-0.39, 0.29) is 41.9 Å². The maximum Gasteiger partial charge on any atom is 0.271 e. The van der Waals surface area contributed by atoms with Crippen molar-refractivity contribution in [1.82, 2.24) is 5.01 Å². The summed E-state index contributed by atoms with van der Waals surface area (Å²) in [7, 11) is -3.17. The highest BCUT2D eigenvalue weighted by atomic mass is 32.2. The molecule has 2 aliphatic rings. The van der Waals surface area contributed by atoms with Crippen LogP contribution in [0.3, 0.4) is 0 Å². The molecule has 10 heteroatoms. The molecule has 1 aromatic rings. The summed E-state index contributed by atoms with van der Waals surface area (Å²) in [4.78, 5) is 35.8. The maximum atomic E-state index is 12.5. The van der Waals surface area contributed by atoms with Crippen LogP contribution in [0, 0.1) is 0 Å². The number of benzene rings is 1. The van der Waals surface area contributed by atoms with Gasteiger partial charge in [-0.25, -0.2) is 13.4 Å². The van der Waals surface area contributed by atoms with E-state index in [0.29, 0.717) is 17.8 Å². The predicted molar refractivity (Wildman–Crippen MR) is 99.9 cm³/mol. The van der Waals surface area contributed by atoms with E-state index in [9.17, 15) is 22.8 Å². The van der Waals surface area contributed by atoms with Crippen molar-refractivity contribution in [3.8, 4) is 0 Å². The Bertz CT molecular complexity index is 925. The third-order valence-electron chi connectivity index (χ3n) is 4.32. The quantitative estimate of drug-likeness (QED) is 0.782. The molecule has 0 aromatic heterocycles. The summed E-state index contributed by atoms with van der Waals surface area (Å²) >= 11 is 0. The van der Waals surface area contributed by atoms with Gasteiger partial charge in [0.15, 0.2) is 9.84 Å². The van der Waals surface area contributed by atoms with Crippen LogP contribution in [0.15, 0.2) is 29.4 Å². The minimum atomic E-state index is -3.17. The normalized spacial score (nSPS) is 21.5. The highest BCUT2D eigenvalue weighted by Gasteiger charge is 2.37. The average molecular weight is 392 g/mol. The van der Waals surface area contributed by atoms with E-state index < -0.39 is 21.8 Å². The van der Waals surface area contributed by atoms with E-state index in [1.54, 1.807) is 24.3 Å². The molecule has 1 fully saturated rings. The first-order valence-corrected chi connectivity index (χ1v) is 10.3. The van der Waals surface area contributed by atoms with Crippen LogP contribution in [0.4, 0.5) is 11.4 Å². The van der Waals surface area contributed by atoms with E-state index in [4.69, 9.17) is 0 Å². The molecule has 0 spiro atoms. The average Bonchev–Trinajstić information content (AvgIpc) is 2.94. The number of nitrogens with zero attached hydrogens (tertiary/aromatic N) is 2. The fourth-order valence-electron chi connectivity index (χ4n) is 3.07. The molecule has 2 N–H and O–H groups in total. The Morgan fingerprint density at radius 1 is 1.19 bits per heavy atom. The molecular formula is C17H20N4O5S. The molecule has 144 valence electrons. The molecule has 0 bridgehead atoms. The van der Waals surface area contributed by atoms with Crippen LogP contribution < -0.4 is 10.6 Å². The molecule has 0 radical (unpaired) electrons. The molecule has 0 unspecified atom stereocenters. The van der Waals surface area contributed by atoms with Crippen molar-refractivity contribution in [2.45, 2.75) is 32.2 Å². The van der Waals surface area contributed by atoms with Gasteiger partial charge in [0.05, 0.1) is 17.5 Å². The number of hydrogen-bond donors (Lipinski definition) is 2. The zero-order valence-electron chi connectivity index (χ0n) is 14.8. The highest BCUT2D eigenvalue weighted by Crippen LogP contribution is 2.23. The Balaban J connectivity index is 1.73. The number of carbonyl (C=O) groups is 3. The number of amides is 3. The van der Waals surface area contributed by atoms with Crippen LogP contribution in [0.2, 0.25) is 0 Å². The molecular weight excluding hydrogens is 372 g/mol. The second-order valence-corrected chi connectivity index (χ2v) is 8.79. The van der Waals surface area contributed by atoms with Crippen molar-refractivity contribution in [3.63, 3.8) is 0 Å². The fraction of sp³-hybridized carbons (Fsp3) is 0.412. The Morgan fingerprint density at radius 2 is 1.89 bits per heavy atom. The third kappa shape index (κ3) is 4.70. The summed E-state index contributed by atoms with van der Waals surface area (Å²) in [6.07, 6.45) is 0.617. The van der Waals surface area contributed by atoms with Gasteiger partial charge in [0.2, 0.25) is 11.8 Å². The molecule has 27 heavy (non-hydrogen) atoms. The number of nitrogens with one attached hydrogen (secondary N) is 2. The van der Waals surface area contributed by atoms with E-state index in [2.05, 4.69) is 15.7 Å². The van der Waals surface area contributed by atoms with Gasteiger partial charge in [-0.1, -0.05) is 6.07 Å². The zero-order chi connectivity index (χ0) is 19.6. The summed E-state index contributed by atoms with van der Waals surface area (Å²) in [6.45, 7) is 1.39. The molecule has 3 amide bonds. The van der Waals surface area contributed by atoms with Gasteiger partial charge >= 0.3 is 0 Å². The van der Waals surface area contributed by atoms with Gasteiger partial charge in [-0.15, -0.1) is 0 Å². The van der Waals surface area contributed by atoms with Crippen LogP contribution in [0.1, 0.15) is 26.2 Å². The first-order chi connectivity index (χ1) is 12.7. The van der Waals surface area contributed by atoms with Gasteiger partial charge in [0.1, 0.15) is 5.71 Å². The molecule has 2 aliphatic heterocycles. The van der Waals surface area contributed by atoms with Crippen molar-refractivity contribution < 1.29 is 22.8 Å². The molecule has 1 atom stereocenters.